The van der Waals surface area contributed by atoms with Gasteiger partial charge in [-0.15, -0.1) is 0 Å². The average Bonchev–Trinajstić information content (AvgIpc) is 3.02. The molecule has 1 aliphatic carbocycles. The Bertz CT molecular complexity index is 1100. The minimum absolute atomic E-state index is 0.359. The first kappa shape index (κ1) is 17.2. The fourth-order valence-electron chi connectivity index (χ4n) is 4.32. The number of nitrogens with zero attached hydrogens (tertiary/aromatic N) is 3. The Balaban J connectivity index is 1.39. The van der Waals surface area contributed by atoms with Crippen LogP contribution in [0.25, 0.3) is 10.8 Å². The molecule has 4 nitrogen and oxygen atoms in total. The minimum Gasteiger partial charge on any atom is -0.340 e. The van der Waals surface area contributed by atoms with Gasteiger partial charge in [-0.1, -0.05) is 6.07 Å². The highest BCUT2D eigenvalue weighted by Gasteiger charge is 2.40. The van der Waals surface area contributed by atoms with E-state index in [-0.39, 0.29) is 5.82 Å². The topological polar surface area (TPSA) is 50.2 Å². The Kier molecular flexibility index (Phi) is 3.89. The molecule has 2 aliphatic rings. The Morgan fingerprint density at radius 2 is 2.04 bits per heavy atom. The van der Waals surface area contributed by atoms with Crippen molar-refractivity contribution in [2.45, 2.75) is 38.4 Å². The third-order valence-electron chi connectivity index (χ3n) is 5.60. The fourth-order valence-corrected chi connectivity index (χ4v) is 4.32. The largest absolute Gasteiger partial charge is 0.340 e. The highest BCUT2D eigenvalue weighted by atomic mass is 19.1. The van der Waals surface area contributed by atoms with Crippen LogP contribution in [0.4, 0.5) is 14.5 Å². The van der Waals surface area contributed by atoms with Gasteiger partial charge in [-0.25, -0.2) is 8.78 Å². The Hall–Kier alpha value is -2.89. The van der Waals surface area contributed by atoms with E-state index in [9.17, 15) is 8.78 Å². The highest BCUT2D eigenvalue weighted by molar-refractivity contribution is 6.11. The van der Waals surface area contributed by atoms with Gasteiger partial charge in [0.05, 0.1) is 18.4 Å². The standard InChI is InChI=1S/C22H20F2N4/c1-22(24)9-13(10-22)6-19-17-3-2-16(7-14(17)4-5-25-19)28-21-18-8-15(23)11-26-20(18)12-27-21/h2-5,7-8,11,13H,6,9-10,12H2,1H3,(H,27,28). The quantitative estimate of drug-likeness (QED) is 0.711. The summed E-state index contributed by atoms with van der Waals surface area (Å²) in [6.07, 6.45) is 5.03. The summed E-state index contributed by atoms with van der Waals surface area (Å²) < 4.78 is 27.3. The molecule has 3 aromatic rings. The van der Waals surface area contributed by atoms with Crippen molar-refractivity contribution in [1.82, 2.24) is 9.97 Å². The molecule has 2 aromatic heterocycles. The first-order chi connectivity index (χ1) is 13.5. The number of benzene rings is 1. The van der Waals surface area contributed by atoms with Crippen LogP contribution < -0.4 is 5.32 Å². The van der Waals surface area contributed by atoms with Crippen molar-refractivity contribution in [3.8, 4) is 0 Å². The molecule has 0 radical (unpaired) electrons. The molecule has 0 spiro atoms. The molecule has 0 amide bonds. The zero-order valence-corrected chi connectivity index (χ0v) is 15.5. The molecular weight excluding hydrogens is 358 g/mol. The minimum atomic E-state index is -1.01. The summed E-state index contributed by atoms with van der Waals surface area (Å²) in [7, 11) is 0. The third-order valence-corrected chi connectivity index (χ3v) is 5.60. The van der Waals surface area contributed by atoms with Crippen molar-refractivity contribution in [2.75, 3.05) is 5.32 Å². The first-order valence-corrected chi connectivity index (χ1v) is 9.50. The van der Waals surface area contributed by atoms with Gasteiger partial charge < -0.3 is 5.32 Å². The van der Waals surface area contributed by atoms with Gasteiger partial charge in [0.1, 0.15) is 17.3 Å². The lowest BCUT2D eigenvalue weighted by Gasteiger charge is -2.38. The molecule has 5 rings (SSSR count). The summed E-state index contributed by atoms with van der Waals surface area (Å²) in [5.41, 5.74) is 2.35. The molecule has 1 N–H and O–H groups in total. The summed E-state index contributed by atoms with van der Waals surface area (Å²) in [4.78, 5) is 13.1. The number of anilines is 1. The molecule has 1 saturated carbocycles. The third kappa shape index (κ3) is 3.13. The second kappa shape index (κ2) is 6.33. The van der Waals surface area contributed by atoms with E-state index in [2.05, 4.69) is 20.3 Å². The predicted molar refractivity (Wildman–Crippen MR) is 106 cm³/mol. The molecule has 3 heterocycles. The number of hydrogen-bond acceptors (Lipinski definition) is 4. The van der Waals surface area contributed by atoms with Gasteiger partial charge in [0.15, 0.2) is 0 Å². The lowest BCUT2D eigenvalue weighted by molar-refractivity contribution is 0.0255. The molecule has 1 fully saturated rings. The van der Waals surface area contributed by atoms with Crippen LogP contribution in [0.15, 0.2) is 47.7 Å². The van der Waals surface area contributed by atoms with Crippen LogP contribution in [0.3, 0.4) is 0 Å². The molecule has 6 heteroatoms. The van der Waals surface area contributed by atoms with Crippen molar-refractivity contribution in [1.29, 1.82) is 0 Å². The molecule has 142 valence electrons. The zero-order chi connectivity index (χ0) is 19.3. The van der Waals surface area contributed by atoms with Gasteiger partial charge in [0.2, 0.25) is 0 Å². The van der Waals surface area contributed by atoms with E-state index in [1.54, 1.807) is 13.1 Å². The van der Waals surface area contributed by atoms with Gasteiger partial charge in [-0.3, -0.25) is 15.0 Å². The summed E-state index contributed by atoms with van der Waals surface area (Å²) in [6, 6.07) is 9.47. The number of alkyl halides is 1. The number of halogens is 2. The maximum absolute atomic E-state index is 13.8. The van der Waals surface area contributed by atoms with Crippen LogP contribution >= 0.6 is 0 Å². The van der Waals surface area contributed by atoms with Crippen LogP contribution in [0.2, 0.25) is 0 Å². The Morgan fingerprint density at radius 3 is 2.86 bits per heavy atom. The lowest BCUT2D eigenvalue weighted by Crippen LogP contribution is -2.37. The normalized spacial score (nSPS) is 23.2. The summed E-state index contributed by atoms with van der Waals surface area (Å²) in [5.74, 6) is 0.620. The predicted octanol–water partition coefficient (Wildman–Crippen LogP) is 4.82. The van der Waals surface area contributed by atoms with Gasteiger partial charge in [0, 0.05) is 28.5 Å². The van der Waals surface area contributed by atoms with E-state index in [4.69, 9.17) is 0 Å². The van der Waals surface area contributed by atoms with E-state index in [1.807, 2.05) is 24.3 Å². The maximum atomic E-state index is 13.8. The van der Waals surface area contributed by atoms with E-state index in [0.717, 1.165) is 34.3 Å². The molecule has 0 atom stereocenters. The van der Waals surface area contributed by atoms with Crippen molar-refractivity contribution >= 4 is 22.3 Å². The fraction of sp³-hybridized carbons (Fsp3) is 0.318. The van der Waals surface area contributed by atoms with Crippen LogP contribution in [0.5, 0.6) is 0 Å². The van der Waals surface area contributed by atoms with Gasteiger partial charge in [0.25, 0.3) is 0 Å². The Labute approximate surface area is 161 Å². The molecule has 0 bridgehead atoms. The molecule has 1 aromatic carbocycles. The van der Waals surface area contributed by atoms with Gasteiger partial charge in [-0.2, -0.15) is 0 Å². The average molecular weight is 378 g/mol. The Morgan fingerprint density at radius 1 is 1.18 bits per heavy atom. The van der Waals surface area contributed by atoms with E-state index in [0.29, 0.717) is 36.7 Å². The van der Waals surface area contributed by atoms with Crippen molar-refractivity contribution in [3.63, 3.8) is 0 Å². The number of rotatable bonds is 3. The van der Waals surface area contributed by atoms with Crippen molar-refractivity contribution < 1.29 is 8.78 Å². The number of aromatic nitrogens is 2. The summed E-state index contributed by atoms with van der Waals surface area (Å²) in [6.45, 7) is 2.12. The maximum Gasteiger partial charge on any atom is 0.142 e. The van der Waals surface area contributed by atoms with Gasteiger partial charge in [-0.05, 0) is 61.8 Å². The lowest BCUT2D eigenvalue weighted by atomic mass is 9.71. The molecular formula is C22H20F2N4. The first-order valence-electron chi connectivity index (χ1n) is 9.50. The zero-order valence-electron chi connectivity index (χ0n) is 15.5. The number of pyridine rings is 2. The number of nitrogens with one attached hydrogen (secondary N) is 1. The monoisotopic (exact) mass is 378 g/mol. The summed E-state index contributed by atoms with van der Waals surface area (Å²) >= 11 is 0. The van der Waals surface area contributed by atoms with Crippen molar-refractivity contribution in [2.24, 2.45) is 10.9 Å². The van der Waals surface area contributed by atoms with E-state index >= 15 is 0 Å². The molecule has 0 saturated heterocycles. The molecule has 28 heavy (non-hydrogen) atoms. The smallest absolute Gasteiger partial charge is 0.142 e. The van der Waals surface area contributed by atoms with Crippen LogP contribution in [0.1, 0.15) is 36.7 Å². The second-order valence-corrected chi connectivity index (χ2v) is 8.02. The second-order valence-electron chi connectivity index (χ2n) is 8.02. The number of aliphatic imine (C=N–C) groups is 1. The van der Waals surface area contributed by atoms with E-state index < -0.39 is 5.67 Å². The SMILES string of the molecule is CC1(F)CC(Cc2nccc3cc(NC4=NCc5ncc(F)cc54)ccc23)C1. The number of fused-ring (bicyclic) bond motifs is 2. The number of amidine groups is 1. The summed E-state index contributed by atoms with van der Waals surface area (Å²) in [5, 5.41) is 5.43. The van der Waals surface area contributed by atoms with Gasteiger partial charge >= 0.3 is 0 Å². The molecule has 0 unspecified atom stereocenters. The molecule has 1 aliphatic heterocycles. The van der Waals surface area contributed by atoms with Crippen molar-refractivity contribution in [3.05, 3.63) is 65.5 Å². The highest BCUT2D eigenvalue weighted by Crippen LogP contribution is 2.42. The number of hydrogen-bond donors (Lipinski definition) is 1. The van der Waals surface area contributed by atoms with Crippen LogP contribution in [0, 0.1) is 11.7 Å². The van der Waals surface area contributed by atoms with E-state index in [1.165, 1.54) is 12.3 Å². The van der Waals surface area contributed by atoms with Crippen LogP contribution in [-0.2, 0) is 13.0 Å². The van der Waals surface area contributed by atoms with Crippen LogP contribution in [-0.4, -0.2) is 21.5 Å².